The van der Waals surface area contributed by atoms with Crippen LogP contribution in [0, 0.1) is 0 Å². The minimum Gasteiger partial charge on any atom is -0.495 e. The summed E-state index contributed by atoms with van der Waals surface area (Å²) in [6.45, 7) is 1.63. The van der Waals surface area contributed by atoms with Gasteiger partial charge in [-0.2, -0.15) is 0 Å². The summed E-state index contributed by atoms with van der Waals surface area (Å²) in [7, 11) is -2.47. The third kappa shape index (κ3) is 3.48. The number of methoxy groups -OCH3 is 1. The molecule has 0 aromatic heterocycles. The van der Waals surface area contributed by atoms with E-state index in [4.69, 9.17) is 9.47 Å². The lowest BCUT2D eigenvalue weighted by molar-refractivity contribution is -0.118. The van der Waals surface area contributed by atoms with Gasteiger partial charge in [0.15, 0.2) is 6.61 Å². The van der Waals surface area contributed by atoms with Crippen LogP contribution in [-0.4, -0.2) is 28.0 Å². The Bertz CT molecular complexity index is 1020. The monoisotopic (exact) mass is 389 g/mol. The van der Waals surface area contributed by atoms with Crippen LogP contribution in [0.4, 0.5) is 5.69 Å². The summed E-state index contributed by atoms with van der Waals surface area (Å²) in [6.07, 6.45) is 0. The van der Waals surface area contributed by atoms with Crippen molar-refractivity contribution in [2.45, 2.75) is 24.5 Å². The second-order valence-electron chi connectivity index (χ2n) is 6.37. The SMILES string of the molecule is COc1cc2c(cc1S(=O)(=O)NCc1ccc3c(c1)CNC3)OCC(=O)N2. The Morgan fingerprint density at radius 3 is 2.81 bits per heavy atom. The molecule has 1 amide bonds. The van der Waals surface area contributed by atoms with E-state index in [-0.39, 0.29) is 29.7 Å². The number of sulfonamides is 1. The molecule has 27 heavy (non-hydrogen) atoms. The van der Waals surface area contributed by atoms with E-state index in [1.54, 1.807) is 0 Å². The van der Waals surface area contributed by atoms with E-state index >= 15 is 0 Å². The normalized spacial score (nSPS) is 15.5. The molecule has 0 unspecified atom stereocenters. The average molecular weight is 389 g/mol. The molecule has 4 rings (SSSR count). The van der Waals surface area contributed by atoms with E-state index < -0.39 is 10.0 Å². The number of ether oxygens (including phenoxy) is 2. The van der Waals surface area contributed by atoms with Crippen LogP contribution in [0.5, 0.6) is 11.5 Å². The maximum atomic E-state index is 12.8. The van der Waals surface area contributed by atoms with Crippen molar-refractivity contribution in [1.29, 1.82) is 0 Å². The lowest BCUT2D eigenvalue weighted by atomic mass is 10.1. The van der Waals surface area contributed by atoms with Gasteiger partial charge < -0.3 is 20.1 Å². The molecule has 2 heterocycles. The molecule has 8 nitrogen and oxygen atoms in total. The minimum absolute atomic E-state index is 0.0391. The Hall–Kier alpha value is -2.62. The summed E-state index contributed by atoms with van der Waals surface area (Å²) in [6, 6.07) is 8.73. The van der Waals surface area contributed by atoms with Crippen molar-refractivity contribution in [3.8, 4) is 11.5 Å². The molecule has 2 aliphatic rings. The molecule has 0 bridgehead atoms. The van der Waals surface area contributed by atoms with Crippen LogP contribution in [0.15, 0.2) is 35.2 Å². The lowest BCUT2D eigenvalue weighted by Gasteiger charge is -2.20. The van der Waals surface area contributed by atoms with Gasteiger partial charge in [-0.25, -0.2) is 13.1 Å². The zero-order chi connectivity index (χ0) is 19.0. The summed E-state index contributed by atoms with van der Waals surface area (Å²) in [4.78, 5) is 11.4. The van der Waals surface area contributed by atoms with Gasteiger partial charge in [-0.1, -0.05) is 18.2 Å². The Morgan fingerprint density at radius 1 is 1.19 bits per heavy atom. The summed E-state index contributed by atoms with van der Waals surface area (Å²) in [5.41, 5.74) is 3.67. The first-order valence-electron chi connectivity index (χ1n) is 8.42. The van der Waals surface area contributed by atoms with Crippen molar-refractivity contribution in [2.75, 3.05) is 19.0 Å². The summed E-state index contributed by atoms with van der Waals surface area (Å²) in [5.74, 6) is 0.119. The van der Waals surface area contributed by atoms with Gasteiger partial charge >= 0.3 is 0 Å². The lowest BCUT2D eigenvalue weighted by Crippen LogP contribution is -2.27. The number of carbonyl (C=O) groups excluding carboxylic acids is 1. The predicted molar refractivity (Wildman–Crippen MR) is 98.1 cm³/mol. The van der Waals surface area contributed by atoms with Crippen molar-refractivity contribution >= 4 is 21.6 Å². The second-order valence-corrected chi connectivity index (χ2v) is 8.10. The Kier molecular flexibility index (Phi) is 4.50. The Labute approximate surface area is 156 Å². The highest BCUT2D eigenvalue weighted by atomic mass is 32.2. The molecule has 0 saturated heterocycles. The number of carbonyl (C=O) groups is 1. The fourth-order valence-electron chi connectivity index (χ4n) is 3.17. The topological polar surface area (TPSA) is 106 Å². The summed E-state index contributed by atoms with van der Waals surface area (Å²) < 4.78 is 38.8. The van der Waals surface area contributed by atoms with Crippen molar-refractivity contribution in [3.05, 3.63) is 47.0 Å². The number of amides is 1. The number of fused-ring (bicyclic) bond motifs is 2. The fraction of sp³-hybridized carbons (Fsp3) is 0.278. The maximum Gasteiger partial charge on any atom is 0.262 e. The summed E-state index contributed by atoms with van der Waals surface area (Å²) in [5, 5.41) is 5.89. The number of nitrogens with one attached hydrogen (secondary N) is 3. The maximum absolute atomic E-state index is 12.8. The highest BCUT2D eigenvalue weighted by molar-refractivity contribution is 7.89. The average Bonchev–Trinajstić information content (AvgIpc) is 3.13. The molecule has 0 radical (unpaired) electrons. The van der Waals surface area contributed by atoms with E-state index in [1.165, 1.54) is 30.4 Å². The van der Waals surface area contributed by atoms with E-state index in [9.17, 15) is 13.2 Å². The van der Waals surface area contributed by atoms with Crippen LogP contribution in [0.2, 0.25) is 0 Å². The molecule has 2 aromatic rings. The summed E-state index contributed by atoms with van der Waals surface area (Å²) >= 11 is 0. The van der Waals surface area contributed by atoms with Crippen LogP contribution in [0.1, 0.15) is 16.7 Å². The molecule has 9 heteroatoms. The smallest absolute Gasteiger partial charge is 0.262 e. The van der Waals surface area contributed by atoms with Crippen molar-refractivity contribution in [1.82, 2.24) is 10.0 Å². The number of hydrogen-bond acceptors (Lipinski definition) is 6. The van der Waals surface area contributed by atoms with Gasteiger partial charge in [0.25, 0.3) is 5.91 Å². The van der Waals surface area contributed by atoms with Gasteiger partial charge in [0, 0.05) is 31.8 Å². The Morgan fingerprint density at radius 2 is 2.00 bits per heavy atom. The quantitative estimate of drug-likeness (QED) is 0.707. The molecule has 0 saturated carbocycles. The molecular weight excluding hydrogens is 370 g/mol. The first kappa shape index (κ1) is 17.8. The number of benzene rings is 2. The molecule has 2 aromatic carbocycles. The van der Waals surface area contributed by atoms with Crippen LogP contribution >= 0.6 is 0 Å². The largest absolute Gasteiger partial charge is 0.495 e. The molecule has 2 aliphatic heterocycles. The van der Waals surface area contributed by atoms with Gasteiger partial charge in [0.2, 0.25) is 10.0 Å². The zero-order valence-electron chi connectivity index (χ0n) is 14.7. The van der Waals surface area contributed by atoms with E-state index in [2.05, 4.69) is 15.4 Å². The van der Waals surface area contributed by atoms with Crippen molar-refractivity contribution in [2.24, 2.45) is 0 Å². The Balaban J connectivity index is 1.59. The van der Waals surface area contributed by atoms with Crippen LogP contribution in [0.25, 0.3) is 0 Å². The molecule has 0 spiro atoms. The minimum atomic E-state index is -3.85. The van der Waals surface area contributed by atoms with Gasteiger partial charge in [-0.15, -0.1) is 0 Å². The van der Waals surface area contributed by atoms with Gasteiger partial charge in [0.1, 0.15) is 16.4 Å². The van der Waals surface area contributed by atoms with Crippen LogP contribution in [-0.2, 0) is 34.5 Å². The van der Waals surface area contributed by atoms with Crippen LogP contribution < -0.4 is 24.8 Å². The van der Waals surface area contributed by atoms with Gasteiger partial charge in [0.05, 0.1) is 12.8 Å². The van der Waals surface area contributed by atoms with Gasteiger partial charge in [-0.05, 0) is 16.7 Å². The van der Waals surface area contributed by atoms with Crippen molar-refractivity contribution < 1.29 is 22.7 Å². The molecule has 0 atom stereocenters. The van der Waals surface area contributed by atoms with Crippen LogP contribution in [0.3, 0.4) is 0 Å². The van der Waals surface area contributed by atoms with E-state index in [0.717, 1.165) is 18.7 Å². The molecule has 3 N–H and O–H groups in total. The number of hydrogen-bond donors (Lipinski definition) is 3. The van der Waals surface area contributed by atoms with Crippen molar-refractivity contribution in [3.63, 3.8) is 0 Å². The zero-order valence-corrected chi connectivity index (χ0v) is 15.5. The molecule has 0 fully saturated rings. The first-order valence-corrected chi connectivity index (χ1v) is 9.90. The highest BCUT2D eigenvalue weighted by Crippen LogP contribution is 2.37. The fourth-order valence-corrected chi connectivity index (χ4v) is 4.35. The third-order valence-corrected chi connectivity index (χ3v) is 5.98. The molecule has 0 aliphatic carbocycles. The third-order valence-electron chi connectivity index (χ3n) is 4.56. The molecular formula is C18H19N3O5S. The van der Waals surface area contributed by atoms with Gasteiger partial charge in [-0.3, -0.25) is 4.79 Å². The number of rotatable bonds is 5. The van der Waals surface area contributed by atoms with E-state index in [1.807, 2.05) is 18.2 Å². The predicted octanol–water partition coefficient (Wildman–Crippen LogP) is 1.11. The first-order chi connectivity index (χ1) is 13.0. The van der Waals surface area contributed by atoms with E-state index in [0.29, 0.717) is 11.4 Å². The second kappa shape index (κ2) is 6.84. The number of anilines is 1. The standard InChI is InChI=1S/C18H19N3O5S/c1-25-16-5-14-15(26-10-18(22)21-14)6-17(16)27(23,24)20-7-11-2-3-12-8-19-9-13(12)4-11/h2-6,19-20H,7-10H2,1H3,(H,21,22). The highest BCUT2D eigenvalue weighted by Gasteiger charge is 2.25. The molecule has 142 valence electrons.